The van der Waals surface area contributed by atoms with Gasteiger partial charge in [0.05, 0.1) is 6.04 Å². The van der Waals surface area contributed by atoms with Gasteiger partial charge in [-0.3, -0.25) is 4.79 Å². The van der Waals surface area contributed by atoms with Crippen molar-refractivity contribution < 1.29 is 14.3 Å². The second-order valence-corrected chi connectivity index (χ2v) is 4.45. The maximum atomic E-state index is 12.1. The molecular weight excluding hydrogens is 218 g/mol. The number of cyclic esters (lactones) is 2. The predicted octanol–water partition coefficient (Wildman–Crippen LogP) is 2.31. The first-order valence-corrected chi connectivity index (χ1v) is 6.05. The Balaban J connectivity index is 2.43. The number of esters is 1. The minimum atomic E-state index is -0.696. The van der Waals surface area contributed by atoms with Crippen molar-refractivity contribution in [3.63, 3.8) is 0 Å². The Kier molecular flexibility index (Phi) is 3.05. The molecule has 4 heteroatoms. The molecule has 0 spiro atoms. The topological polar surface area (TPSA) is 55.4 Å². The van der Waals surface area contributed by atoms with Gasteiger partial charge in [-0.25, -0.2) is 4.79 Å². The fourth-order valence-electron chi connectivity index (χ4n) is 2.72. The van der Waals surface area contributed by atoms with Crippen LogP contribution >= 0.6 is 0 Å². The van der Waals surface area contributed by atoms with Gasteiger partial charge >= 0.3 is 12.1 Å². The normalized spacial score (nSPS) is 31.4. The molecule has 92 valence electrons. The van der Waals surface area contributed by atoms with E-state index in [4.69, 9.17) is 4.74 Å². The number of carbonyl (C=O) groups is 2. The van der Waals surface area contributed by atoms with Crippen molar-refractivity contribution in [1.29, 1.82) is 0 Å². The lowest BCUT2D eigenvalue weighted by molar-refractivity contribution is -0.151. The number of nitrogens with one attached hydrogen (secondary N) is 1. The highest BCUT2D eigenvalue weighted by atomic mass is 16.6. The van der Waals surface area contributed by atoms with Crippen LogP contribution in [0.25, 0.3) is 0 Å². The molecule has 2 atom stereocenters. The van der Waals surface area contributed by atoms with Gasteiger partial charge in [-0.05, 0) is 12.8 Å². The number of rotatable bonds is 3. The van der Waals surface area contributed by atoms with Crippen LogP contribution in [0.15, 0.2) is 23.8 Å². The van der Waals surface area contributed by atoms with Crippen molar-refractivity contribution in [2.45, 2.75) is 39.2 Å². The van der Waals surface area contributed by atoms with Crippen LogP contribution in [0.5, 0.6) is 0 Å². The Hall–Kier alpha value is -1.58. The molecule has 2 rings (SSSR count). The van der Waals surface area contributed by atoms with Gasteiger partial charge in [-0.2, -0.15) is 0 Å². The average Bonchev–Trinajstić information content (AvgIpc) is 2.29. The van der Waals surface area contributed by atoms with E-state index in [9.17, 15) is 9.59 Å². The van der Waals surface area contributed by atoms with Crippen LogP contribution in [-0.4, -0.2) is 18.1 Å². The first-order chi connectivity index (χ1) is 8.15. The molecule has 0 saturated carbocycles. The molecule has 0 radical (unpaired) electrons. The summed E-state index contributed by atoms with van der Waals surface area (Å²) in [5.74, 6) is -0.419. The van der Waals surface area contributed by atoms with Crippen LogP contribution in [0.2, 0.25) is 0 Å². The molecule has 17 heavy (non-hydrogen) atoms. The lowest BCUT2D eigenvalue weighted by atomic mass is 9.67. The van der Waals surface area contributed by atoms with Gasteiger partial charge in [0.15, 0.2) is 0 Å². The maximum absolute atomic E-state index is 12.1. The lowest BCUT2D eigenvalue weighted by Gasteiger charge is -2.43. The molecule has 0 aromatic rings. The van der Waals surface area contributed by atoms with E-state index in [-0.39, 0.29) is 6.04 Å². The summed E-state index contributed by atoms with van der Waals surface area (Å²) in [5.41, 5.74) is 0.360. The monoisotopic (exact) mass is 235 g/mol. The molecule has 1 aliphatic carbocycles. The molecule has 2 aliphatic rings. The molecule has 1 amide bonds. The summed E-state index contributed by atoms with van der Waals surface area (Å²) >= 11 is 0. The average molecular weight is 235 g/mol. The fraction of sp³-hybridized carbons (Fsp3) is 0.538. The van der Waals surface area contributed by atoms with Crippen LogP contribution in [0.4, 0.5) is 4.79 Å². The molecule has 0 aromatic heterocycles. The molecule has 0 aromatic carbocycles. The number of allylic oxidation sites excluding steroid dienone is 2. The summed E-state index contributed by atoms with van der Waals surface area (Å²) < 4.78 is 4.76. The molecule has 1 heterocycles. The zero-order valence-corrected chi connectivity index (χ0v) is 10.2. The molecule has 2 unspecified atom stereocenters. The van der Waals surface area contributed by atoms with Crippen molar-refractivity contribution in [1.82, 2.24) is 5.32 Å². The van der Waals surface area contributed by atoms with Gasteiger partial charge in [-0.1, -0.05) is 44.1 Å². The second-order valence-electron chi connectivity index (χ2n) is 4.45. The summed E-state index contributed by atoms with van der Waals surface area (Å²) in [6, 6.07) is -0.271. The SMILES string of the molecule is CCCC1=CC=CC2NC(=O)OC(=O)C12CC. The van der Waals surface area contributed by atoms with Gasteiger partial charge in [0.25, 0.3) is 0 Å². The Labute approximate surface area is 101 Å². The third-order valence-corrected chi connectivity index (χ3v) is 3.60. The number of carbonyl (C=O) groups excluding carboxylic acids is 2. The zero-order valence-electron chi connectivity index (χ0n) is 10.2. The van der Waals surface area contributed by atoms with Crippen LogP contribution in [0.3, 0.4) is 0 Å². The van der Waals surface area contributed by atoms with Gasteiger partial charge in [0.2, 0.25) is 0 Å². The molecule has 4 nitrogen and oxygen atoms in total. The Morgan fingerprint density at radius 1 is 1.41 bits per heavy atom. The number of fused-ring (bicyclic) bond motifs is 1. The van der Waals surface area contributed by atoms with Crippen molar-refractivity contribution >= 4 is 12.1 Å². The zero-order chi connectivity index (χ0) is 12.5. The number of hydrogen-bond acceptors (Lipinski definition) is 3. The highest BCUT2D eigenvalue weighted by Gasteiger charge is 2.52. The van der Waals surface area contributed by atoms with E-state index in [2.05, 4.69) is 12.2 Å². The molecule has 0 bridgehead atoms. The molecule has 1 aliphatic heterocycles. The first kappa shape index (κ1) is 11.9. The van der Waals surface area contributed by atoms with Crippen molar-refractivity contribution in [3.05, 3.63) is 23.8 Å². The smallest absolute Gasteiger partial charge is 0.376 e. The molecule has 1 N–H and O–H groups in total. The third kappa shape index (κ3) is 1.68. The van der Waals surface area contributed by atoms with Crippen molar-refractivity contribution in [2.75, 3.05) is 0 Å². The molecule has 1 saturated heterocycles. The highest BCUT2D eigenvalue weighted by Crippen LogP contribution is 2.43. The molecule has 1 fully saturated rings. The second kappa shape index (κ2) is 4.35. The number of alkyl carbamates (subject to hydrolysis) is 1. The summed E-state index contributed by atoms with van der Waals surface area (Å²) in [5, 5.41) is 2.72. The van der Waals surface area contributed by atoms with Gasteiger partial charge in [-0.15, -0.1) is 0 Å². The van der Waals surface area contributed by atoms with E-state index >= 15 is 0 Å². The molecular formula is C13H17NO3. The Bertz CT molecular complexity index is 411. The van der Waals surface area contributed by atoms with Crippen LogP contribution in [0.1, 0.15) is 33.1 Å². The summed E-state index contributed by atoms with van der Waals surface area (Å²) in [4.78, 5) is 23.4. The summed E-state index contributed by atoms with van der Waals surface area (Å²) in [7, 11) is 0. The summed E-state index contributed by atoms with van der Waals surface area (Å²) in [6.07, 6.45) is 7.54. The predicted molar refractivity (Wildman–Crippen MR) is 63.3 cm³/mol. The van der Waals surface area contributed by atoms with Crippen molar-refractivity contribution in [3.8, 4) is 0 Å². The van der Waals surface area contributed by atoms with Gasteiger partial charge in [0.1, 0.15) is 5.41 Å². The fourth-order valence-corrected chi connectivity index (χ4v) is 2.72. The largest absolute Gasteiger partial charge is 0.415 e. The van der Waals surface area contributed by atoms with E-state index in [0.717, 1.165) is 18.4 Å². The Morgan fingerprint density at radius 3 is 2.82 bits per heavy atom. The van der Waals surface area contributed by atoms with E-state index in [1.165, 1.54) is 0 Å². The first-order valence-electron chi connectivity index (χ1n) is 6.05. The van der Waals surface area contributed by atoms with E-state index in [1.807, 2.05) is 25.2 Å². The number of amides is 1. The van der Waals surface area contributed by atoms with Crippen LogP contribution in [-0.2, 0) is 9.53 Å². The third-order valence-electron chi connectivity index (χ3n) is 3.60. The quantitative estimate of drug-likeness (QED) is 0.603. The lowest BCUT2D eigenvalue weighted by Crippen LogP contribution is -2.59. The van der Waals surface area contributed by atoms with E-state index in [0.29, 0.717) is 6.42 Å². The van der Waals surface area contributed by atoms with Crippen LogP contribution < -0.4 is 5.32 Å². The minimum Gasteiger partial charge on any atom is -0.376 e. The van der Waals surface area contributed by atoms with E-state index < -0.39 is 17.5 Å². The number of hydrogen-bond donors (Lipinski definition) is 1. The van der Waals surface area contributed by atoms with Crippen LogP contribution in [0, 0.1) is 5.41 Å². The summed E-state index contributed by atoms with van der Waals surface area (Å²) in [6.45, 7) is 4.03. The minimum absolute atomic E-state index is 0.271. The van der Waals surface area contributed by atoms with Gasteiger partial charge < -0.3 is 10.1 Å². The standard InChI is InChI=1S/C13H17NO3/c1-3-6-9-7-5-8-10-13(9,4-2)11(15)17-12(16)14-10/h5,7-8,10H,3-4,6H2,1-2H3,(H,14,16). The highest BCUT2D eigenvalue weighted by molar-refractivity contribution is 5.95. The van der Waals surface area contributed by atoms with E-state index in [1.54, 1.807) is 0 Å². The van der Waals surface area contributed by atoms with Crippen molar-refractivity contribution in [2.24, 2.45) is 5.41 Å². The maximum Gasteiger partial charge on any atom is 0.415 e. The van der Waals surface area contributed by atoms with Gasteiger partial charge in [0, 0.05) is 0 Å². The Morgan fingerprint density at radius 2 is 2.18 bits per heavy atom. The number of ether oxygens (including phenoxy) is 1.